The topological polar surface area (TPSA) is 113 Å². The fourth-order valence-corrected chi connectivity index (χ4v) is 1.92. The molecule has 3 N–H and O–H groups in total. The van der Waals surface area contributed by atoms with E-state index in [9.17, 15) is 14.4 Å². The average Bonchev–Trinajstić information content (AvgIpc) is 2.91. The molecular weight excluding hydrogens is 278 g/mol. The summed E-state index contributed by atoms with van der Waals surface area (Å²) in [6, 6.07) is 6.31. The number of nitrogens with one attached hydrogen (secondary N) is 3. The highest BCUT2D eigenvalue weighted by Crippen LogP contribution is 2.32. The predicted molar refractivity (Wildman–Crippen MR) is 71.4 cm³/mol. The lowest BCUT2D eigenvalue weighted by atomic mass is 10.2. The molecular formula is C13H11N3O5. The SMILES string of the molecule is O=C(NCc1ccc2c(c1)OCO2)c1cc(=O)[nH]c(=O)[nH]1. The molecule has 0 fully saturated rings. The molecule has 1 aliphatic rings. The van der Waals surface area contributed by atoms with E-state index in [0.717, 1.165) is 11.6 Å². The summed E-state index contributed by atoms with van der Waals surface area (Å²) in [4.78, 5) is 38.3. The van der Waals surface area contributed by atoms with E-state index >= 15 is 0 Å². The highest BCUT2D eigenvalue weighted by atomic mass is 16.7. The summed E-state index contributed by atoms with van der Waals surface area (Å²) in [7, 11) is 0. The molecule has 3 rings (SSSR count). The Morgan fingerprint density at radius 2 is 1.95 bits per heavy atom. The molecule has 0 aliphatic carbocycles. The fraction of sp³-hybridized carbons (Fsp3) is 0.154. The minimum atomic E-state index is -0.726. The second-order valence-corrected chi connectivity index (χ2v) is 4.37. The first-order valence-corrected chi connectivity index (χ1v) is 6.12. The Kier molecular flexibility index (Phi) is 3.19. The van der Waals surface area contributed by atoms with E-state index in [1.807, 2.05) is 4.98 Å². The Labute approximate surface area is 117 Å². The van der Waals surface area contributed by atoms with Crippen molar-refractivity contribution in [3.63, 3.8) is 0 Å². The molecule has 21 heavy (non-hydrogen) atoms. The number of H-pyrrole nitrogens is 2. The fourth-order valence-electron chi connectivity index (χ4n) is 1.92. The molecule has 0 bridgehead atoms. The van der Waals surface area contributed by atoms with Gasteiger partial charge in [0.05, 0.1) is 0 Å². The molecule has 0 atom stereocenters. The van der Waals surface area contributed by atoms with Crippen LogP contribution in [-0.2, 0) is 6.54 Å². The van der Waals surface area contributed by atoms with Gasteiger partial charge in [-0.3, -0.25) is 14.6 Å². The second kappa shape index (κ2) is 5.16. The van der Waals surface area contributed by atoms with Crippen molar-refractivity contribution < 1.29 is 14.3 Å². The molecule has 1 amide bonds. The maximum atomic E-state index is 11.9. The molecule has 0 radical (unpaired) electrons. The number of carbonyl (C=O) groups is 1. The number of amides is 1. The number of hydrogen-bond acceptors (Lipinski definition) is 5. The summed E-state index contributed by atoms with van der Waals surface area (Å²) >= 11 is 0. The van der Waals surface area contributed by atoms with Crippen molar-refractivity contribution in [1.29, 1.82) is 0 Å². The number of benzene rings is 1. The lowest BCUT2D eigenvalue weighted by molar-refractivity contribution is 0.0945. The minimum Gasteiger partial charge on any atom is -0.454 e. The van der Waals surface area contributed by atoms with Gasteiger partial charge in [-0.05, 0) is 17.7 Å². The van der Waals surface area contributed by atoms with Crippen molar-refractivity contribution in [2.24, 2.45) is 0 Å². The molecule has 1 aromatic carbocycles. The number of carbonyl (C=O) groups excluding carboxylic acids is 1. The first-order valence-electron chi connectivity index (χ1n) is 6.12. The monoisotopic (exact) mass is 289 g/mol. The highest BCUT2D eigenvalue weighted by Gasteiger charge is 2.14. The van der Waals surface area contributed by atoms with Gasteiger partial charge < -0.3 is 19.8 Å². The molecule has 0 spiro atoms. The smallest absolute Gasteiger partial charge is 0.326 e. The number of aromatic amines is 2. The summed E-state index contributed by atoms with van der Waals surface area (Å²) in [5.41, 5.74) is -0.646. The van der Waals surface area contributed by atoms with Crippen molar-refractivity contribution in [1.82, 2.24) is 15.3 Å². The van der Waals surface area contributed by atoms with Crippen LogP contribution >= 0.6 is 0 Å². The zero-order valence-electron chi connectivity index (χ0n) is 10.8. The molecule has 8 heteroatoms. The van der Waals surface area contributed by atoms with Gasteiger partial charge in [0.25, 0.3) is 11.5 Å². The van der Waals surface area contributed by atoms with Crippen molar-refractivity contribution in [3.05, 3.63) is 56.4 Å². The van der Waals surface area contributed by atoms with Crippen molar-refractivity contribution in [2.45, 2.75) is 6.54 Å². The quantitative estimate of drug-likeness (QED) is 0.719. The van der Waals surface area contributed by atoms with E-state index in [4.69, 9.17) is 9.47 Å². The van der Waals surface area contributed by atoms with Crippen LogP contribution in [0.5, 0.6) is 11.5 Å². The van der Waals surface area contributed by atoms with E-state index in [1.54, 1.807) is 18.2 Å². The molecule has 1 aliphatic heterocycles. The normalized spacial score (nSPS) is 12.2. The van der Waals surface area contributed by atoms with Crippen molar-refractivity contribution in [2.75, 3.05) is 6.79 Å². The summed E-state index contributed by atoms with van der Waals surface area (Å²) < 4.78 is 10.4. The summed E-state index contributed by atoms with van der Waals surface area (Å²) in [5, 5.41) is 2.60. The van der Waals surface area contributed by atoms with E-state index < -0.39 is 17.2 Å². The highest BCUT2D eigenvalue weighted by molar-refractivity contribution is 5.91. The zero-order chi connectivity index (χ0) is 14.8. The Balaban J connectivity index is 1.71. The van der Waals surface area contributed by atoms with Gasteiger partial charge in [0.1, 0.15) is 5.69 Å². The third kappa shape index (κ3) is 2.78. The van der Waals surface area contributed by atoms with Crippen LogP contribution in [0.1, 0.15) is 16.1 Å². The van der Waals surface area contributed by atoms with E-state index in [0.29, 0.717) is 11.5 Å². The standard InChI is InChI=1S/C13H11N3O5/c17-11-4-8(15-13(19)16-11)12(18)14-5-7-1-2-9-10(3-7)21-6-20-9/h1-4H,5-6H2,(H,14,18)(H2,15,16,17,19). The van der Waals surface area contributed by atoms with E-state index in [-0.39, 0.29) is 19.0 Å². The molecule has 8 nitrogen and oxygen atoms in total. The van der Waals surface area contributed by atoms with E-state index in [1.165, 1.54) is 0 Å². The van der Waals surface area contributed by atoms with Crippen molar-refractivity contribution in [3.8, 4) is 11.5 Å². The maximum Gasteiger partial charge on any atom is 0.326 e. The van der Waals surface area contributed by atoms with Gasteiger partial charge in [0.2, 0.25) is 6.79 Å². The molecule has 2 aromatic rings. The first kappa shape index (κ1) is 13.0. The average molecular weight is 289 g/mol. The maximum absolute atomic E-state index is 11.9. The van der Waals surface area contributed by atoms with Crippen LogP contribution in [0.25, 0.3) is 0 Å². The summed E-state index contributed by atoms with van der Waals surface area (Å²) in [6.45, 7) is 0.406. The summed E-state index contributed by atoms with van der Waals surface area (Å²) in [6.07, 6.45) is 0. The van der Waals surface area contributed by atoms with Crippen molar-refractivity contribution >= 4 is 5.91 Å². The van der Waals surface area contributed by atoms with Gasteiger partial charge in [-0.25, -0.2) is 4.79 Å². The van der Waals surface area contributed by atoms with Gasteiger partial charge in [0, 0.05) is 12.6 Å². The molecule has 2 heterocycles. The first-order chi connectivity index (χ1) is 10.1. The van der Waals surface area contributed by atoms with Gasteiger partial charge in [-0.15, -0.1) is 0 Å². The number of fused-ring (bicyclic) bond motifs is 1. The number of hydrogen-bond donors (Lipinski definition) is 3. The van der Waals surface area contributed by atoms with Gasteiger partial charge in [-0.2, -0.15) is 0 Å². The molecule has 0 unspecified atom stereocenters. The molecule has 1 aromatic heterocycles. The van der Waals surface area contributed by atoms with Crippen LogP contribution in [0, 0.1) is 0 Å². The van der Waals surface area contributed by atoms with Crippen LogP contribution in [0.4, 0.5) is 0 Å². The Morgan fingerprint density at radius 1 is 1.14 bits per heavy atom. The van der Waals surface area contributed by atoms with Crippen LogP contribution in [0.2, 0.25) is 0 Å². The molecule has 0 saturated heterocycles. The molecule has 0 saturated carbocycles. The van der Waals surface area contributed by atoms with Gasteiger partial charge in [-0.1, -0.05) is 6.07 Å². The Bertz CT molecular complexity index is 780. The number of aromatic nitrogens is 2. The number of ether oxygens (including phenoxy) is 2. The zero-order valence-corrected chi connectivity index (χ0v) is 10.8. The summed E-state index contributed by atoms with van der Waals surface area (Å²) in [5.74, 6) is 0.728. The third-order valence-corrected chi connectivity index (χ3v) is 2.90. The van der Waals surface area contributed by atoms with Gasteiger partial charge >= 0.3 is 5.69 Å². The lowest BCUT2D eigenvalue weighted by Crippen LogP contribution is -2.30. The van der Waals surface area contributed by atoms with Crippen LogP contribution < -0.4 is 26.0 Å². The number of rotatable bonds is 3. The Hall–Kier alpha value is -3.03. The second-order valence-electron chi connectivity index (χ2n) is 4.37. The predicted octanol–water partition coefficient (Wildman–Crippen LogP) is -0.278. The lowest BCUT2D eigenvalue weighted by Gasteiger charge is -2.05. The van der Waals surface area contributed by atoms with E-state index in [2.05, 4.69) is 10.3 Å². The third-order valence-electron chi connectivity index (χ3n) is 2.90. The minimum absolute atomic E-state index is 0.0931. The van der Waals surface area contributed by atoms with Crippen LogP contribution in [-0.4, -0.2) is 22.7 Å². The largest absolute Gasteiger partial charge is 0.454 e. The molecule has 108 valence electrons. The van der Waals surface area contributed by atoms with Crippen LogP contribution in [0.15, 0.2) is 33.9 Å². The van der Waals surface area contributed by atoms with Gasteiger partial charge in [0.15, 0.2) is 11.5 Å². The van der Waals surface area contributed by atoms with Crippen LogP contribution in [0.3, 0.4) is 0 Å². The Morgan fingerprint density at radius 3 is 2.76 bits per heavy atom.